The van der Waals surface area contributed by atoms with Crippen LogP contribution >= 0.6 is 11.3 Å². The fourth-order valence-corrected chi connectivity index (χ4v) is 3.77. The van der Waals surface area contributed by atoms with Crippen LogP contribution in [0.3, 0.4) is 0 Å². The Bertz CT molecular complexity index is 293. The van der Waals surface area contributed by atoms with Crippen molar-refractivity contribution in [3.8, 4) is 0 Å². The van der Waals surface area contributed by atoms with Crippen molar-refractivity contribution in [2.24, 2.45) is 0 Å². The van der Waals surface area contributed by atoms with Gasteiger partial charge in [-0.3, -0.25) is 0 Å². The minimum Gasteiger partial charge on any atom is -0.616 e. The van der Waals surface area contributed by atoms with Gasteiger partial charge in [0, 0.05) is 0 Å². The van der Waals surface area contributed by atoms with Gasteiger partial charge >= 0.3 is 0 Å². The Morgan fingerprint density at radius 1 is 1.15 bits per heavy atom. The van der Waals surface area contributed by atoms with Gasteiger partial charge in [-0.05, 0) is 57.6 Å². The zero-order valence-corrected chi connectivity index (χ0v) is 15.2. The third-order valence-corrected chi connectivity index (χ3v) is 5.87. The fraction of sp³-hybridized carbons (Fsp3) is 0.867. The normalized spacial score (nSPS) is 15.1. The van der Waals surface area contributed by atoms with E-state index >= 15 is 0 Å². The Labute approximate surface area is 131 Å². The minimum absolute atomic E-state index is 0.391. The van der Waals surface area contributed by atoms with E-state index in [-0.39, 0.29) is 0 Å². The van der Waals surface area contributed by atoms with E-state index in [4.69, 9.17) is 0 Å². The third kappa shape index (κ3) is 9.72. The van der Waals surface area contributed by atoms with Gasteiger partial charge in [-0.25, -0.2) is 0 Å². The van der Waals surface area contributed by atoms with Crippen LogP contribution < -0.4 is 0 Å². The van der Waals surface area contributed by atoms with Gasteiger partial charge in [0.25, 0.3) is 0 Å². The summed E-state index contributed by atoms with van der Waals surface area (Å²) in [6.07, 6.45) is 7.11. The van der Waals surface area contributed by atoms with E-state index in [0.29, 0.717) is 10.5 Å². The van der Waals surface area contributed by atoms with Crippen LogP contribution in [0.5, 0.6) is 0 Å². The molecule has 0 spiro atoms. The summed E-state index contributed by atoms with van der Waals surface area (Å²) in [5.74, 6) is 0. The molecule has 2 atom stereocenters. The molecule has 5 heteroatoms. The first-order chi connectivity index (χ1) is 9.52. The molecule has 3 nitrogen and oxygen atoms in total. The molecule has 20 heavy (non-hydrogen) atoms. The molecule has 1 heterocycles. The highest BCUT2D eigenvalue weighted by atomic mass is 32.2. The monoisotopic (exact) mass is 318 g/mol. The molecule has 0 saturated heterocycles. The molecule has 1 rings (SSSR count). The van der Waals surface area contributed by atoms with Crippen molar-refractivity contribution in [3.05, 3.63) is 10.5 Å². The van der Waals surface area contributed by atoms with Gasteiger partial charge in [0.1, 0.15) is 21.0 Å². The number of nitrogens with zero attached hydrogens (tertiary/aromatic N) is 2. The summed E-state index contributed by atoms with van der Waals surface area (Å²) in [6.45, 7) is 10.6. The average molecular weight is 319 g/mol. The van der Waals surface area contributed by atoms with Crippen LogP contribution in [0, 0.1) is 6.92 Å². The first-order valence-electron chi connectivity index (χ1n) is 7.65. The molecular weight excluding hydrogens is 288 g/mol. The zero-order chi connectivity index (χ0) is 15.4. The SMILES string of the molecule is CCCCC(C)[S+]([O-])C(C)CCCC.Cc1nncs1. The lowest BCUT2D eigenvalue weighted by molar-refractivity contribution is 0.548. The highest BCUT2D eigenvalue weighted by molar-refractivity contribution is 7.92. The van der Waals surface area contributed by atoms with E-state index in [9.17, 15) is 4.55 Å². The molecule has 0 aliphatic rings. The van der Waals surface area contributed by atoms with E-state index in [1.807, 2.05) is 6.92 Å². The number of unbranched alkanes of at least 4 members (excludes halogenated alkanes) is 2. The minimum atomic E-state index is -0.612. The van der Waals surface area contributed by atoms with Gasteiger partial charge in [0.2, 0.25) is 0 Å². The Hall–Kier alpha value is -0.130. The predicted octanol–water partition coefficient (Wildman–Crippen LogP) is 4.74. The lowest BCUT2D eigenvalue weighted by Crippen LogP contribution is -2.28. The lowest BCUT2D eigenvalue weighted by atomic mass is 10.2. The maximum Gasteiger partial charge on any atom is 0.114 e. The summed E-state index contributed by atoms with van der Waals surface area (Å²) in [7, 11) is 0. The van der Waals surface area contributed by atoms with Gasteiger partial charge in [0.15, 0.2) is 0 Å². The number of hydrogen-bond donors (Lipinski definition) is 0. The van der Waals surface area contributed by atoms with Crippen molar-refractivity contribution in [3.63, 3.8) is 0 Å². The second kappa shape index (κ2) is 12.6. The van der Waals surface area contributed by atoms with E-state index < -0.39 is 11.2 Å². The van der Waals surface area contributed by atoms with Crippen LogP contribution in [0.1, 0.15) is 71.2 Å². The number of aromatic nitrogens is 2. The molecule has 0 radical (unpaired) electrons. The molecule has 0 aromatic carbocycles. The molecule has 0 bridgehead atoms. The topological polar surface area (TPSA) is 48.8 Å². The lowest BCUT2D eigenvalue weighted by Gasteiger charge is -2.23. The third-order valence-electron chi connectivity index (χ3n) is 3.19. The second-order valence-electron chi connectivity index (χ2n) is 5.19. The molecule has 0 amide bonds. The molecule has 2 unspecified atom stereocenters. The van der Waals surface area contributed by atoms with E-state index in [1.54, 1.807) is 16.8 Å². The van der Waals surface area contributed by atoms with E-state index in [0.717, 1.165) is 17.8 Å². The Kier molecular flexibility index (Phi) is 12.5. The van der Waals surface area contributed by atoms with E-state index in [1.165, 1.54) is 25.7 Å². The van der Waals surface area contributed by atoms with Gasteiger partial charge in [0.05, 0.1) is 0 Å². The van der Waals surface area contributed by atoms with Gasteiger partial charge in [-0.15, -0.1) is 21.5 Å². The number of aryl methyl sites for hydroxylation is 1. The molecule has 1 aromatic rings. The molecular formula is C15H30N2OS2. The van der Waals surface area contributed by atoms with Crippen molar-refractivity contribution in [2.75, 3.05) is 0 Å². The molecule has 0 N–H and O–H groups in total. The Balaban J connectivity index is 0.000000493. The molecule has 118 valence electrons. The Morgan fingerprint density at radius 3 is 1.90 bits per heavy atom. The largest absolute Gasteiger partial charge is 0.616 e. The summed E-state index contributed by atoms with van der Waals surface area (Å²) < 4.78 is 12.0. The maximum atomic E-state index is 12.0. The van der Waals surface area contributed by atoms with Crippen molar-refractivity contribution in [1.82, 2.24) is 10.2 Å². The maximum absolute atomic E-state index is 12.0. The van der Waals surface area contributed by atoms with Crippen molar-refractivity contribution < 1.29 is 4.55 Å². The zero-order valence-electron chi connectivity index (χ0n) is 13.6. The fourth-order valence-electron chi connectivity index (χ4n) is 1.84. The van der Waals surface area contributed by atoms with Crippen LogP contribution in [0.15, 0.2) is 5.51 Å². The van der Waals surface area contributed by atoms with Crippen molar-refractivity contribution in [2.45, 2.75) is 83.6 Å². The number of rotatable bonds is 8. The molecule has 0 aliphatic heterocycles. The highest BCUT2D eigenvalue weighted by Crippen LogP contribution is 2.18. The van der Waals surface area contributed by atoms with Crippen LogP contribution in [-0.4, -0.2) is 25.2 Å². The van der Waals surface area contributed by atoms with Gasteiger partial charge < -0.3 is 4.55 Å². The summed E-state index contributed by atoms with van der Waals surface area (Å²) >= 11 is 0.943. The second-order valence-corrected chi connectivity index (χ2v) is 8.50. The highest BCUT2D eigenvalue weighted by Gasteiger charge is 2.22. The first-order valence-corrected chi connectivity index (χ1v) is 9.80. The summed E-state index contributed by atoms with van der Waals surface area (Å²) in [4.78, 5) is 0. The molecule has 0 fully saturated rings. The number of hydrogen-bond acceptors (Lipinski definition) is 4. The van der Waals surface area contributed by atoms with Gasteiger partial charge in [-0.1, -0.05) is 26.7 Å². The molecule has 0 saturated carbocycles. The van der Waals surface area contributed by atoms with Gasteiger partial charge in [-0.2, -0.15) is 0 Å². The van der Waals surface area contributed by atoms with Crippen LogP contribution in [0.4, 0.5) is 0 Å². The van der Waals surface area contributed by atoms with Crippen LogP contribution in [0.2, 0.25) is 0 Å². The Morgan fingerprint density at radius 2 is 1.65 bits per heavy atom. The van der Waals surface area contributed by atoms with E-state index in [2.05, 4.69) is 37.9 Å². The summed E-state index contributed by atoms with van der Waals surface area (Å²) in [5, 5.41) is 9.08. The van der Waals surface area contributed by atoms with Crippen LogP contribution in [0.25, 0.3) is 0 Å². The predicted molar refractivity (Wildman–Crippen MR) is 90.8 cm³/mol. The standard InChI is InChI=1S/C12H26OS.C3H4N2S/c1-5-7-9-11(3)14(13)12(4)10-8-6-2;1-3-5-4-2-6-3/h11-12H,5-10H2,1-4H3;2H,1H3. The average Bonchev–Trinajstić information content (AvgIpc) is 2.92. The summed E-state index contributed by atoms with van der Waals surface area (Å²) in [6, 6.07) is 0. The van der Waals surface area contributed by atoms with Crippen molar-refractivity contribution >= 4 is 22.5 Å². The quantitative estimate of drug-likeness (QED) is 0.650. The van der Waals surface area contributed by atoms with Crippen LogP contribution in [-0.2, 0) is 11.2 Å². The van der Waals surface area contributed by atoms with Crippen molar-refractivity contribution in [1.29, 1.82) is 0 Å². The molecule has 0 aliphatic carbocycles. The first kappa shape index (κ1) is 19.9. The smallest absolute Gasteiger partial charge is 0.114 e. The summed E-state index contributed by atoms with van der Waals surface area (Å²) in [5.41, 5.74) is 1.72. The molecule has 1 aromatic heterocycles.